The highest BCUT2D eigenvalue weighted by Gasteiger charge is 2.15. The van der Waals surface area contributed by atoms with Crippen LogP contribution in [0, 0.1) is 0 Å². The number of aromatic nitrogens is 3. The van der Waals surface area contributed by atoms with Crippen LogP contribution >= 0.6 is 0 Å². The number of rotatable bonds is 9. The van der Waals surface area contributed by atoms with E-state index in [1.807, 2.05) is 18.5 Å². The van der Waals surface area contributed by atoms with Gasteiger partial charge in [-0.25, -0.2) is 4.98 Å². The van der Waals surface area contributed by atoms with Crippen LogP contribution in [0.15, 0.2) is 67.0 Å². The first-order chi connectivity index (χ1) is 15.5. The second-order valence-corrected chi connectivity index (χ2v) is 8.32. The fraction of sp³-hybridized carbons (Fsp3) is 0.308. The first kappa shape index (κ1) is 21.8. The summed E-state index contributed by atoms with van der Waals surface area (Å²) in [5.74, 6) is 0.561. The summed E-state index contributed by atoms with van der Waals surface area (Å²) in [6.07, 6.45) is 2.69. The molecule has 2 aromatic heterocycles. The fourth-order valence-electron chi connectivity index (χ4n) is 3.52. The number of hydrogen-bond acceptors (Lipinski definition) is 5. The molecule has 3 N–H and O–H groups in total. The minimum atomic E-state index is -0.0120. The normalized spacial score (nSPS) is 12.3. The van der Waals surface area contributed by atoms with Gasteiger partial charge in [0.05, 0.1) is 12.0 Å². The highest BCUT2D eigenvalue weighted by molar-refractivity contribution is 5.86. The van der Waals surface area contributed by atoms with Crippen LogP contribution in [-0.2, 0) is 6.54 Å². The van der Waals surface area contributed by atoms with Gasteiger partial charge in [-0.05, 0) is 37.0 Å². The molecular formula is C26H31N5O. The Hall–Kier alpha value is -3.38. The Morgan fingerprint density at radius 1 is 1.03 bits per heavy atom. The molecule has 0 aliphatic heterocycles. The van der Waals surface area contributed by atoms with E-state index in [0.717, 1.165) is 23.3 Å². The van der Waals surface area contributed by atoms with Crippen molar-refractivity contribution in [1.29, 1.82) is 0 Å². The lowest BCUT2D eigenvalue weighted by Gasteiger charge is -2.14. The molecule has 4 aromatic rings. The number of hydrogen-bond donors (Lipinski definition) is 2. The second kappa shape index (κ2) is 9.83. The molecule has 0 bridgehead atoms. The van der Waals surface area contributed by atoms with Crippen LogP contribution < -0.4 is 15.8 Å². The summed E-state index contributed by atoms with van der Waals surface area (Å²) in [5.41, 5.74) is 12.2. The molecule has 0 fully saturated rings. The lowest BCUT2D eigenvalue weighted by Crippen LogP contribution is -2.26. The van der Waals surface area contributed by atoms with Gasteiger partial charge >= 0.3 is 0 Å². The molecule has 4 rings (SSSR count). The zero-order valence-electron chi connectivity index (χ0n) is 19.0. The van der Waals surface area contributed by atoms with Gasteiger partial charge in [0.25, 0.3) is 0 Å². The summed E-state index contributed by atoms with van der Waals surface area (Å²) in [6, 6.07) is 21.2. The number of anilines is 1. The SMILES string of the molecule is CCC(N)COc1cc(NCc2ccc(-c3ccccc3)cc2)c2ncn(C(C)C)c2n1. The molecule has 0 amide bonds. The van der Waals surface area contributed by atoms with Crippen molar-refractivity contribution in [3.05, 3.63) is 72.6 Å². The van der Waals surface area contributed by atoms with Crippen molar-refractivity contribution >= 4 is 16.9 Å². The lowest BCUT2D eigenvalue weighted by molar-refractivity contribution is 0.276. The summed E-state index contributed by atoms with van der Waals surface area (Å²) in [4.78, 5) is 9.32. The zero-order valence-corrected chi connectivity index (χ0v) is 19.0. The predicted octanol–water partition coefficient (Wildman–Crippen LogP) is 5.41. The highest BCUT2D eigenvalue weighted by Crippen LogP contribution is 2.28. The van der Waals surface area contributed by atoms with E-state index >= 15 is 0 Å². The van der Waals surface area contributed by atoms with Gasteiger partial charge in [-0.3, -0.25) is 0 Å². The van der Waals surface area contributed by atoms with Gasteiger partial charge in [-0.2, -0.15) is 4.98 Å². The van der Waals surface area contributed by atoms with Crippen molar-refractivity contribution < 1.29 is 4.74 Å². The number of nitrogens with one attached hydrogen (secondary N) is 1. The summed E-state index contributed by atoms with van der Waals surface area (Å²) >= 11 is 0. The van der Waals surface area contributed by atoms with Gasteiger partial charge in [0.2, 0.25) is 5.88 Å². The van der Waals surface area contributed by atoms with Crippen molar-refractivity contribution in [1.82, 2.24) is 14.5 Å². The topological polar surface area (TPSA) is 78.0 Å². The molecule has 6 nitrogen and oxygen atoms in total. The minimum Gasteiger partial charge on any atom is -0.476 e. The van der Waals surface area contributed by atoms with E-state index in [0.29, 0.717) is 19.0 Å². The van der Waals surface area contributed by atoms with Crippen molar-refractivity contribution in [2.24, 2.45) is 5.73 Å². The molecule has 2 aromatic carbocycles. The van der Waals surface area contributed by atoms with E-state index in [1.165, 1.54) is 16.7 Å². The lowest BCUT2D eigenvalue weighted by atomic mass is 10.0. The molecule has 0 saturated carbocycles. The van der Waals surface area contributed by atoms with Crippen molar-refractivity contribution in [3.63, 3.8) is 0 Å². The molecule has 0 aliphatic carbocycles. The zero-order chi connectivity index (χ0) is 22.5. The van der Waals surface area contributed by atoms with E-state index in [2.05, 4.69) is 84.2 Å². The van der Waals surface area contributed by atoms with E-state index in [9.17, 15) is 0 Å². The van der Waals surface area contributed by atoms with Crippen LogP contribution in [-0.4, -0.2) is 27.2 Å². The van der Waals surface area contributed by atoms with Gasteiger partial charge in [0.15, 0.2) is 5.65 Å². The average Bonchev–Trinajstić information content (AvgIpc) is 3.26. The van der Waals surface area contributed by atoms with Crippen LogP contribution in [0.2, 0.25) is 0 Å². The Morgan fingerprint density at radius 2 is 1.75 bits per heavy atom. The van der Waals surface area contributed by atoms with Crippen molar-refractivity contribution in [2.45, 2.75) is 45.8 Å². The molecule has 0 radical (unpaired) electrons. The van der Waals surface area contributed by atoms with Crippen LogP contribution in [0.25, 0.3) is 22.3 Å². The van der Waals surface area contributed by atoms with Gasteiger partial charge in [-0.15, -0.1) is 0 Å². The number of ether oxygens (including phenoxy) is 1. The molecule has 32 heavy (non-hydrogen) atoms. The summed E-state index contributed by atoms with van der Waals surface area (Å²) in [7, 11) is 0. The number of nitrogens with two attached hydrogens (primary N) is 1. The Morgan fingerprint density at radius 3 is 2.44 bits per heavy atom. The van der Waals surface area contributed by atoms with Gasteiger partial charge in [-0.1, -0.05) is 61.5 Å². The van der Waals surface area contributed by atoms with Crippen LogP contribution in [0.3, 0.4) is 0 Å². The van der Waals surface area contributed by atoms with Crippen LogP contribution in [0.1, 0.15) is 38.8 Å². The number of imidazole rings is 1. The van der Waals surface area contributed by atoms with Crippen LogP contribution in [0.4, 0.5) is 5.69 Å². The third-order valence-electron chi connectivity index (χ3n) is 5.58. The first-order valence-corrected chi connectivity index (χ1v) is 11.2. The maximum absolute atomic E-state index is 6.03. The maximum atomic E-state index is 6.03. The number of fused-ring (bicyclic) bond motifs is 1. The van der Waals surface area contributed by atoms with E-state index < -0.39 is 0 Å². The number of pyridine rings is 1. The monoisotopic (exact) mass is 429 g/mol. The molecule has 0 aliphatic rings. The third-order valence-corrected chi connectivity index (χ3v) is 5.58. The maximum Gasteiger partial charge on any atom is 0.217 e. The minimum absolute atomic E-state index is 0.0120. The summed E-state index contributed by atoms with van der Waals surface area (Å²) < 4.78 is 7.97. The van der Waals surface area contributed by atoms with Gasteiger partial charge in [0, 0.05) is 24.7 Å². The molecule has 2 heterocycles. The van der Waals surface area contributed by atoms with Crippen LogP contribution in [0.5, 0.6) is 5.88 Å². The number of benzene rings is 2. The Kier molecular flexibility index (Phi) is 6.71. The second-order valence-electron chi connectivity index (χ2n) is 8.32. The third kappa shape index (κ3) is 4.92. The predicted molar refractivity (Wildman–Crippen MR) is 131 cm³/mol. The Labute approximate surface area is 189 Å². The molecule has 6 heteroatoms. The highest BCUT2D eigenvalue weighted by atomic mass is 16.5. The van der Waals surface area contributed by atoms with Gasteiger partial charge in [0.1, 0.15) is 12.1 Å². The fourth-order valence-corrected chi connectivity index (χ4v) is 3.52. The van der Waals surface area contributed by atoms with E-state index in [4.69, 9.17) is 15.5 Å². The largest absolute Gasteiger partial charge is 0.476 e. The quantitative estimate of drug-likeness (QED) is 0.372. The van der Waals surface area contributed by atoms with Crippen molar-refractivity contribution in [2.75, 3.05) is 11.9 Å². The Balaban J connectivity index is 1.56. The first-order valence-electron chi connectivity index (χ1n) is 11.2. The summed E-state index contributed by atoms with van der Waals surface area (Å²) in [5, 5.41) is 3.53. The van der Waals surface area contributed by atoms with E-state index in [-0.39, 0.29) is 12.1 Å². The molecule has 0 saturated heterocycles. The smallest absolute Gasteiger partial charge is 0.217 e. The standard InChI is InChI=1S/C26H31N5O/c1-4-22(27)16-32-24-14-23(25-26(30-24)31(17-29-25)18(2)3)28-15-19-10-12-21(13-11-19)20-8-6-5-7-9-20/h5-14,17-18,22H,4,15-16,27H2,1-3H3,(H,28,30). The van der Waals surface area contributed by atoms with Gasteiger partial charge < -0.3 is 20.4 Å². The molecule has 1 unspecified atom stereocenters. The molecule has 1 atom stereocenters. The molecule has 166 valence electrons. The molecule has 0 spiro atoms. The summed E-state index contributed by atoms with van der Waals surface area (Å²) in [6.45, 7) is 7.39. The van der Waals surface area contributed by atoms with E-state index in [1.54, 1.807) is 0 Å². The Bertz CT molecular complexity index is 1150. The average molecular weight is 430 g/mol. The molecular weight excluding hydrogens is 398 g/mol. The van der Waals surface area contributed by atoms with Crippen molar-refractivity contribution in [3.8, 4) is 17.0 Å². The number of nitrogens with zero attached hydrogens (tertiary/aromatic N) is 3.